The van der Waals surface area contributed by atoms with E-state index in [0.29, 0.717) is 18.1 Å². The van der Waals surface area contributed by atoms with E-state index in [0.717, 1.165) is 51.4 Å². The fourth-order valence-electron chi connectivity index (χ4n) is 3.58. The predicted octanol–water partition coefficient (Wildman–Crippen LogP) is 2.93. The van der Waals surface area contributed by atoms with Crippen LogP contribution in [0.15, 0.2) is 4.99 Å². The average Bonchev–Trinajstić information content (AvgIpc) is 2.59. The highest BCUT2D eigenvalue weighted by Gasteiger charge is 2.24. The lowest BCUT2D eigenvalue weighted by atomic mass is 10.0. The Kier molecular flexibility index (Phi) is 13.3. The third kappa shape index (κ3) is 9.45. The zero-order chi connectivity index (χ0) is 19.7. The number of hydrogen-bond donors (Lipinski definition) is 2. The van der Waals surface area contributed by atoms with Crippen LogP contribution in [-0.2, 0) is 4.79 Å². The van der Waals surface area contributed by atoms with Crippen LogP contribution in [0.5, 0.6) is 0 Å². The summed E-state index contributed by atoms with van der Waals surface area (Å²) in [6.07, 6.45) is 3.06. The summed E-state index contributed by atoms with van der Waals surface area (Å²) < 4.78 is 0. The van der Waals surface area contributed by atoms with Gasteiger partial charge in [-0.25, -0.2) is 0 Å². The summed E-state index contributed by atoms with van der Waals surface area (Å²) in [5.41, 5.74) is 0. The summed E-state index contributed by atoms with van der Waals surface area (Å²) in [5, 5.41) is 6.95. The smallest absolute Gasteiger partial charge is 0.225 e. The molecule has 6 nitrogen and oxygen atoms in total. The van der Waals surface area contributed by atoms with Gasteiger partial charge in [-0.1, -0.05) is 13.8 Å². The summed E-state index contributed by atoms with van der Waals surface area (Å²) in [6, 6.07) is 1.54. The first kappa shape index (κ1) is 26.4. The zero-order valence-corrected chi connectivity index (χ0v) is 20.7. The molecule has 0 unspecified atom stereocenters. The van der Waals surface area contributed by atoms with Crippen LogP contribution < -0.4 is 10.6 Å². The molecule has 160 valence electrons. The lowest BCUT2D eigenvalue weighted by Gasteiger charge is -2.34. The van der Waals surface area contributed by atoms with Crippen LogP contribution in [0.2, 0.25) is 0 Å². The molecule has 2 N–H and O–H groups in total. The van der Waals surface area contributed by atoms with E-state index >= 15 is 0 Å². The number of guanidine groups is 1. The minimum absolute atomic E-state index is 0. The predicted molar refractivity (Wildman–Crippen MR) is 126 cm³/mol. The van der Waals surface area contributed by atoms with E-state index < -0.39 is 0 Å². The second-order valence-electron chi connectivity index (χ2n) is 8.18. The number of piperidine rings is 1. The summed E-state index contributed by atoms with van der Waals surface area (Å²) in [5.74, 6) is 1.23. The molecule has 0 bridgehead atoms. The highest BCUT2D eigenvalue weighted by atomic mass is 127. The molecule has 1 rings (SSSR count). The molecule has 1 saturated heterocycles. The first-order valence-corrected chi connectivity index (χ1v) is 10.3. The van der Waals surface area contributed by atoms with Gasteiger partial charge in [-0.2, -0.15) is 0 Å². The molecule has 0 radical (unpaired) electrons. The molecular formula is C20H42IN5O. The Bertz CT molecular complexity index is 438. The Hall–Kier alpha value is -0.570. The van der Waals surface area contributed by atoms with Gasteiger partial charge >= 0.3 is 0 Å². The van der Waals surface area contributed by atoms with E-state index in [1.165, 1.54) is 0 Å². The summed E-state index contributed by atoms with van der Waals surface area (Å²) in [7, 11) is 1.82. The first-order valence-electron chi connectivity index (χ1n) is 10.3. The van der Waals surface area contributed by atoms with Gasteiger partial charge in [0.15, 0.2) is 5.96 Å². The zero-order valence-electron chi connectivity index (χ0n) is 18.4. The topological polar surface area (TPSA) is 60.0 Å². The van der Waals surface area contributed by atoms with Gasteiger partial charge in [0.2, 0.25) is 5.91 Å². The van der Waals surface area contributed by atoms with Gasteiger partial charge in [-0.15, -0.1) is 24.0 Å². The molecule has 1 amide bonds. The number of likely N-dealkylation sites (tertiary alicyclic amines) is 1. The molecular weight excluding hydrogens is 453 g/mol. The molecule has 0 spiro atoms. The second kappa shape index (κ2) is 13.6. The van der Waals surface area contributed by atoms with Crippen molar-refractivity contribution in [2.24, 2.45) is 10.9 Å². The number of hydrogen-bond acceptors (Lipinski definition) is 3. The van der Waals surface area contributed by atoms with Crippen molar-refractivity contribution in [3.8, 4) is 0 Å². The number of carbonyl (C=O) groups excluding carboxylic acids is 1. The molecule has 1 heterocycles. The minimum Gasteiger partial charge on any atom is -0.356 e. The van der Waals surface area contributed by atoms with Gasteiger partial charge in [0.05, 0.1) is 0 Å². The van der Waals surface area contributed by atoms with Gasteiger partial charge in [0.25, 0.3) is 0 Å². The molecule has 1 aliphatic heterocycles. The van der Waals surface area contributed by atoms with Crippen molar-refractivity contribution in [3.63, 3.8) is 0 Å². The third-order valence-corrected chi connectivity index (χ3v) is 5.08. The minimum atomic E-state index is 0. The SMILES string of the molecule is CN=C(NCCCN(C(C)C)C(C)C)NC1CCN(C(=O)C(C)C)CC1.I. The second-order valence-corrected chi connectivity index (χ2v) is 8.18. The average molecular weight is 495 g/mol. The monoisotopic (exact) mass is 495 g/mol. The largest absolute Gasteiger partial charge is 0.356 e. The van der Waals surface area contributed by atoms with Crippen molar-refractivity contribution in [2.75, 3.05) is 33.2 Å². The van der Waals surface area contributed by atoms with Gasteiger partial charge in [-0.3, -0.25) is 14.7 Å². The van der Waals surface area contributed by atoms with Crippen molar-refractivity contribution in [2.45, 2.75) is 78.9 Å². The number of rotatable bonds is 8. The van der Waals surface area contributed by atoms with E-state index in [-0.39, 0.29) is 35.8 Å². The van der Waals surface area contributed by atoms with E-state index in [1.54, 1.807) is 0 Å². The quantitative estimate of drug-likeness (QED) is 0.235. The number of nitrogens with zero attached hydrogens (tertiary/aromatic N) is 3. The van der Waals surface area contributed by atoms with Gasteiger partial charge in [0, 0.05) is 57.3 Å². The molecule has 0 aliphatic carbocycles. The maximum atomic E-state index is 12.1. The van der Waals surface area contributed by atoms with Crippen LogP contribution in [-0.4, -0.2) is 73.0 Å². The maximum absolute atomic E-state index is 12.1. The Morgan fingerprint density at radius 2 is 1.67 bits per heavy atom. The summed E-state index contributed by atoms with van der Waals surface area (Å²) >= 11 is 0. The Morgan fingerprint density at radius 3 is 2.11 bits per heavy atom. The van der Waals surface area contributed by atoms with Gasteiger partial charge in [-0.05, 0) is 47.0 Å². The van der Waals surface area contributed by atoms with Crippen LogP contribution in [0.4, 0.5) is 0 Å². The molecule has 0 aromatic rings. The Labute approximate surface area is 183 Å². The third-order valence-electron chi connectivity index (χ3n) is 5.08. The van der Waals surface area contributed by atoms with Crippen molar-refractivity contribution in [1.82, 2.24) is 20.4 Å². The van der Waals surface area contributed by atoms with E-state index in [1.807, 2.05) is 25.8 Å². The molecule has 0 aromatic carbocycles. The lowest BCUT2D eigenvalue weighted by Crippen LogP contribution is -2.50. The molecule has 0 saturated carbocycles. The van der Waals surface area contributed by atoms with Crippen molar-refractivity contribution in [3.05, 3.63) is 0 Å². The van der Waals surface area contributed by atoms with Crippen molar-refractivity contribution >= 4 is 35.8 Å². The van der Waals surface area contributed by atoms with Gasteiger partial charge < -0.3 is 15.5 Å². The van der Waals surface area contributed by atoms with E-state index in [2.05, 4.69) is 48.2 Å². The molecule has 0 aromatic heterocycles. The van der Waals surface area contributed by atoms with Gasteiger partial charge in [0.1, 0.15) is 0 Å². The number of halogens is 1. The van der Waals surface area contributed by atoms with Crippen molar-refractivity contribution in [1.29, 1.82) is 0 Å². The lowest BCUT2D eigenvalue weighted by molar-refractivity contribution is -0.135. The summed E-state index contributed by atoms with van der Waals surface area (Å²) in [6.45, 7) is 16.6. The fraction of sp³-hybridized carbons (Fsp3) is 0.900. The highest BCUT2D eigenvalue weighted by Crippen LogP contribution is 2.13. The van der Waals surface area contributed by atoms with Crippen molar-refractivity contribution < 1.29 is 4.79 Å². The normalized spacial score (nSPS) is 16.3. The number of amides is 1. The molecule has 27 heavy (non-hydrogen) atoms. The highest BCUT2D eigenvalue weighted by molar-refractivity contribution is 14.0. The molecule has 0 atom stereocenters. The number of carbonyl (C=O) groups is 1. The maximum Gasteiger partial charge on any atom is 0.225 e. The molecule has 1 aliphatic rings. The van der Waals surface area contributed by atoms with Crippen LogP contribution in [0.3, 0.4) is 0 Å². The van der Waals surface area contributed by atoms with E-state index in [4.69, 9.17) is 0 Å². The Morgan fingerprint density at radius 1 is 1.11 bits per heavy atom. The number of aliphatic imine (C=N–C) groups is 1. The molecule has 1 fully saturated rings. The Balaban J connectivity index is 0.00000676. The molecule has 7 heteroatoms. The van der Waals surface area contributed by atoms with E-state index in [9.17, 15) is 4.79 Å². The first-order chi connectivity index (χ1) is 12.3. The standard InChI is InChI=1S/C20H41N5O.HI/c1-15(2)19(26)24-13-9-18(10-14-24)23-20(21-7)22-11-8-12-25(16(3)4)17(5)6;/h15-18H,8-14H2,1-7H3,(H2,21,22,23);1H. The number of nitrogens with one attached hydrogen (secondary N) is 2. The van der Waals surface area contributed by atoms with Crippen LogP contribution >= 0.6 is 24.0 Å². The summed E-state index contributed by atoms with van der Waals surface area (Å²) in [4.78, 5) is 20.9. The van der Waals surface area contributed by atoms with Crippen LogP contribution in [0.25, 0.3) is 0 Å². The fourth-order valence-corrected chi connectivity index (χ4v) is 3.58. The van der Waals surface area contributed by atoms with Crippen LogP contribution in [0, 0.1) is 5.92 Å². The van der Waals surface area contributed by atoms with Crippen LogP contribution in [0.1, 0.15) is 60.8 Å².